The first kappa shape index (κ1) is 14.0. The van der Waals surface area contributed by atoms with Crippen molar-refractivity contribution in [3.8, 4) is 0 Å². The number of nitrogens with one attached hydrogen (secondary N) is 1. The average molecular weight is 284 g/mol. The lowest BCUT2D eigenvalue weighted by Gasteiger charge is -2.23. The number of nitro groups is 1. The van der Waals surface area contributed by atoms with Crippen molar-refractivity contribution < 1.29 is 13.3 Å². The molecule has 7 heteroatoms. The van der Waals surface area contributed by atoms with Crippen LogP contribution in [0.2, 0.25) is 0 Å². The summed E-state index contributed by atoms with van der Waals surface area (Å²) < 4.78 is 22.9. The zero-order valence-electron chi connectivity index (χ0n) is 10.6. The van der Waals surface area contributed by atoms with Gasteiger partial charge in [-0.05, 0) is 18.9 Å². The first-order valence-electron chi connectivity index (χ1n) is 5.99. The maximum atomic E-state index is 11.5. The summed E-state index contributed by atoms with van der Waals surface area (Å²) in [7, 11) is -2.93. The van der Waals surface area contributed by atoms with Gasteiger partial charge in [0.15, 0.2) is 9.84 Å². The minimum absolute atomic E-state index is 0.0541. The summed E-state index contributed by atoms with van der Waals surface area (Å²) in [6, 6.07) is 6.26. The van der Waals surface area contributed by atoms with Crippen LogP contribution in [0.15, 0.2) is 24.3 Å². The molecule has 0 saturated carbocycles. The van der Waals surface area contributed by atoms with Gasteiger partial charge in [-0.15, -0.1) is 0 Å². The van der Waals surface area contributed by atoms with Gasteiger partial charge in [0, 0.05) is 24.2 Å². The van der Waals surface area contributed by atoms with Crippen LogP contribution < -0.4 is 5.32 Å². The Morgan fingerprint density at radius 2 is 2.00 bits per heavy atom. The highest BCUT2D eigenvalue weighted by molar-refractivity contribution is 7.91. The normalized spacial score (nSPS) is 25.3. The first-order valence-corrected chi connectivity index (χ1v) is 7.81. The largest absolute Gasteiger partial charge is 0.306 e. The summed E-state index contributed by atoms with van der Waals surface area (Å²) >= 11 is 0. The molecule has 0 bridgehead atoms. The van der Waals surface area contributed by atoms with Crippen LogP contribution in [-0.4, -0.2) is 30.4 Å². The van der Waals surface area contributed by atoms with E-state index < -0.39 is 20.3 Å². The monoisotopic (exact) mass is 284 g/mol. The minimum atomic E-state index is -2.93. The number of benzene rings is 1. The van der Waals surface area contributed by atoms with Gasteiger partial charge in [-0.1, -0.05) is 12.1 Å². The van der Waals surface area contributed by atoms with Gasteiger partial charge in [-0.25, -0.2) is 8.42 Å². The Kier molecular flexibility index (Phi) is 3.60. The van der Waals surface area contributed by atoms with Gasteiger partial charge in [0.2, 0.25) is 0 Å². The molecule has 1 atom stereocenters. The van der Waals surface area contributed by atoms with Crippen molar-refractivity contribution in [3.05, 3.63) is 39.9 Å². The van der Waals surface area contributed by atoms with Crippen molar-refractivity contribution in [2.75, 3.05) is 11.5 Å². The molecule has 19 heavy (non-hydrogen) atoms. The third-order valence-corrected chi connectivity index (χ3v) is 5.27. The molecule has 0 spiro atoms. The van der Waals surface area contributed by atoms with E-state index in [1.807, 2.05) is 6.92 Å². The molecule has 1 fully saturated rings. The van der Waals surface area contributed by atoms with E-state index in [2.05, 4.69) is 5.32 Å². The number of nitrogens with zero attached hydrogens (tertiary/aromatic N) is 1. The predicted molar refractivity (Wildman–Crippen MR) is 71.6 cm³/mol. The molecule has 104 valence electrons. The minimum Gasteiger partial charge on any atom is -0.306 e. The SMILES string of the molecule is C[C@@]1(NCc2ccc([N+](=O)[O-])cc2)CCS(=O)(=O)C1. The fraction of sp³-hybridized carbons (Fsp3) is 0.500. The smallest absolute Gasteiger partial charge is 0.269 e. The second-order valence-corrected chi connectivity index (χ2v) is 7.36. The lowest BCUT2D eigenvalue weighted by atomic mass is 10.0. The lowest BCUT2D eigenvalue weighted by Crippen LogP contribution is -2.42. The van der Waals surface area contributed by atoms with Crippen molar-refractivity contribution in [2.24, 2.45) is 0 Å². The zero-order valence-corrected chi connectivity index (χ0v) is 11.4. The molecule has 0 amide bonds. The molecule has 2 rings (SSSR count). The summed E-state index contributed by atoms with van der Waals surface area (Å²) in [6.07, 6.45) is 0.600. The maximum absolute atomic E-state index is 11.5. The van der Waals surface area contributed by atoms with Gasteiger partial charge in [0.1, 0.15) is 0 Å². The third kappa shape index (κ3) is 3.51. The van der Waals surface area contributed by atoms with Crippen LogP contribution in [0.4, 0.5) is 5.69 Å². The fourth-order valence-electron chi connectivity index (χ4n) is 2.20. The molecule has 0 aromatic heterocycles. The second kappa shape index (κ2) is 4.90. The van der Waals surface area contributed by atoms with Gasteiger partial charge in [-0.2, -0.15) is 0 Å². The highest BCUT2D eigenvalue weighted by atomic mass is 32.2. The van der Waals surface area contributed by atoms with E-state index in [-0.39, 0.29) is 17.2 Å². The Balaban J connectivity index is 1.97. The second-order valence-electron chi connectivity index (χ2n) is 5.18. The van der Waals surface area contributed by atoms with Crippen LogP contribution in [0.25, 0.3) is 0 Å². The van der Waals surface area contributed by atoms with Gasteiger partial charge in [-0.3, -0.25) is 10.1 Å². The van der Waals surface area contributed by atoms with Crippen LogP contribution in [-0.2, 0) is 16.4 Å². The van der Waals surface area contributed by atoms with Crippen molar-refractivity contribution in [1.82, 2.24) is 5.32 Å². The molecular weight excluding hydrogens is 268 g/mol. The molecular formula is C12H16N2O4S. The molecule has 1 aromatic carbocycles. The number of hydrogen-bond donors (Lipinski definition) is 1. The Morgan fingerprint density at radius 3 is 2.47 bits per heavy atom. The van der Waals surface area contributed by atoms with Crippen LogP contribution in [0, 0.1) is 10.1 Å². The molecule has 1 heterocycles. The molecule has 1 N–H and O–H groups in total. The van der Waals surface area contributed by atoms with Gasteiger partial charge in [0.25, 0.3) is 5.69 Å². The topological polar surface area (TPSA) is 89.3 Å². The maximum Gasteiger partial charge on any atom is 0.269 e. The first-order chi connectivity index (χ1) is 8.80. The zero-order chi connectivity index (χ0) is 14.1. The molecule has 1 aliphatic rings. The van der Waals surface area contributed by atoms with Crippen molar-refractivity contribution >= 4 is 15.5 Å². The number of nitro benzene ring substituents is 1. The quantitative estimate of drug-likeness (QED) is 0.664. The van der Waals surface area contributed by atoms with E-state index in [1.54, 1.807) is 12.1 Å². The summed E-state index contributed by atoms with van der Waals surface area (Å²) in [5.41, 5.74) is 0.551. The van der Waals surface area contributed by atoms with E-state index in [9.17, 15) is 18.5 Å². The highest BCUT2D eigenvalue weighted by Crippen LogP contribution is 2.23. The number of sulfone groups is 1. The molecule has 6 nitrogen and oxygen atoms in total. The van der Waals surface area contributed by atoms with Crippen molar-refractivity contribution in [2.45, 2.75) is 25.4 Å². The third-order valence-electron chi connectivity index (χ3n) is 3.37. The number of hydrogen-bond acceptors (Lipinski definition) is 5. The van der Waals surface area contributed by atoms with E-state index in [4.69, 9.17) is 0 Å². The van der Waals surface area contributed by atoms with E-state index in [1.165, 1.54) is 12.1 Å². The standard InChI is InChI=1S/C12H16N2O4S/c1-12(6-7-19(17,18)9-12)13-8-10-2-4-11(5-3-10)14(15)16/h2-5,13H,6-9H2,1H3/t12-/m1/s1. The molecule has 1 aliphatic heterocycles. The van der Waals surface area contributed by atoms with Crippen molar-refractivity contribution in [1.29, 1.82) is 0 Å². The Bertz CT molecular complexity index is 582. The van der Waals surface area contributed by atoms with Crippen LogP contribution in [0.5, 0.6) is 0 Å². The number of non-ortho nitro benzene ring substituents is 1. The summed E-state index contributed by atoms with van der Waals surface area (Å²) in [6.45, 7) is 2.40. The number of rotatable bonds is 4. The van der Waals surface area contributed by atoms with Crippen LogP contribution >= 0.6 is 0 Å². The molecule has 1 saturated heterocycles. The lowest BCUT2D eigenvalue weighted by molar-refractivity contribution is -0.384. The molecule has 1 aromatic rings. The summed E-state index contributed by atoms with van der Waals surface area (Å²) in [4.78, 5) is 10.1. The van der Waals surface area contributed by atoms with Gasteiger partial charge in [0.05, 0.1) is 16.4 Å². The van der Waals surface area contributed by atoms with E-state index >= 15 is 0 Å². The predicted octanol–water partition coefficient (Wildman–Crippen LogP) is 1.26. The van der Waals surface area contributed by atoms with Crippen LogP contribution in [0.1, 0.15) is 18.9 Å². The van der Waals surface area contributed by atoms with E-state index in [0.717, 1.165) is 5.56 Å². The van der Waals surface area contributed by atoms with E-state index in [0.29, 0.717) is 13.0 Å². The molecule has 0 radical (unpaired) electrons. The fourth-order valence-corrected chi connectivity index (χ4v) is 4.32. The Labute approximate surface area is 111 Å². The van der Waals surface area contributed by atoms with Gasteiger partial charge >= 0.3 is 0 Å². The van der Waals surface area contributed by atoms with Gasteiger partial charge < -0.3 is 5.32 Å². The molecule has 0 aliphatic carbocycles. The van der Waals surface area contributed by atoms with Crippen molar-refractivity contribution in [3.63, 3.8) is 0 Å². The Morgan fingerprint density at radius 1 is 1.37 bits per heavy atom. The summed E-state index contributed by atoms with van der Waals surface area (Å²) in [5.74, 6) is 0.365. The molecule has 0 unspecified atom stereocenters. The highest BCUT2D eigenvalue weighted by Gasteiger charge is 2.37. The average Bonchev–Trinajstić information content (AvgIpc) is 2.62. The Hall–Kier alpha value is -1.47. The summed E-state index contributed by atoms with van der Waals surface area (Å²) in [5, 5.41) is 13.8. The van der Waals surface area contributed by atoms with Crippen LogP contribution in [0.3, 0.4) is 0 Å².